The lowest BCUT2D eigenvalue weighted by Crippen LogP contribution is -2.51. The van der Waals surface area contributed by atoms with Gasteiger partial charge in [-0.2, -0.15) is 0 Å². The molecule has 142 valence electrons. The molecule has 1 N–H and O–H groups in total. The minimum absolute atomic E-state index is 0.0505. The maximum atomic E-state index is 12.8. The number of amides is 3. The normalized spacial score (nSPS) is 20.3. The van der Waals surface area contributed by atoms with Crippen LogP contribution in [-0.2, 0) is 9.53 Å². The molecule has 0 radical (unpaired) electrons. The van der Waals surface area contributed by atoms with Crippen LogP contribution in [0, 0.1) is 0 Å². The zero-order valence-electron chi connectivity index (χ0n) is 15.3. The summed E-state index contributed by atoms with van der Waals surface area (Å²) in [5.74, 6) is 1.06. The van der Waals surface area contributed by atoms with E-state index in [0.717, 1.165) is 35.6 Å². The Kier molecular flexibility index (Phi) is 6.80. The van der Waals surface area contributed by atoms with Crippen LogP contribution in [0.3, 0.4) is 0 Å². The number of carbonyl (C=O) groups excluding carboxylic acids is 2. The molecule has 6 nitrogen and oxygen atoms in total. The SMILES string of the molecule is CCCSc1ccccc1NC(=O)N1CCCC1C(=O)N1CCOCC1. The highest BCUT2D eigenvalue weighted by Crippen LogP contribution is 2.28. The van der Waals surface area contributed by atoms with Crippen LogP contribution >= 0.6 is 11.8 Å². The van der Waals surface area contributed by atoms with Crippen LogP contribution in [0.1, 0.15) is 26.2 Å². The molecule has 1 atom stereocenters. The van der Waals surface area contributed by atoms with Crippen molar-refractivity contribution in [3.8, 4) is 0 Å². The molecule has 0 aromatic heterocycles. The second-order valence-corrected chi connectivity index (χ2v) is 7.70. The Labute approximate surface area is 159 Å². The number of benzene rings is 1. The minimum Gasteiger partial charge on any atom is -0.378 e. The molecule has 0 bridgehead atoms. The third kappa shape index (κ3) is 4.51. The number of morpholine rings is 1. The van der Waals surface area contributed by atoms with Crippen molar-refractivity contribution in [2.75, 3.05) is 43.9 Å². The number of urea groups is 1. The number of ether oxygens (including phenoxy) is 1. The molecule has 1 unspecified atom stereocenters. The lowest BCUT2D eigenvalue weighted by Gasteiger charge is -2.32. The molecule has 2 saturated heterocycles. The van der Waals surface area contributed by atoms with E-state index in [1.165, 1.54) is 0 Å². The molecule has 26 heavy (non-hydrogen) atoms. The molecule has 2 fully saturated rings. The van der Waals surface area contributed by atoms with Crippen LogP contribution in [-0.4, -0.2) is 66.4 Å². The van der Waals surface area contributed by atoms with Crippen molar-refractivity contribution in [3.05, 3.63) is 24.3 Å². The predicted octanol–water partition coefficient (Wildman–Crippen LogP) is 3.04. The summed E-state index contributed by atoms with van der Waals surface area (Å²) < 4.78 is 5.32. The van der Waals surface area contributed by atoms with E-state index in [0.29, 0.717) is 32.8 Å². The standard InChI is InChI=1S/C19H27N3O3S/c1-2-14-26-17-8-4-3-6-15(17)20-19(24)22-9-5-7-16(22)18(23)21-10-12-25-13-11-21/h3-4,6,8,16H,2,5,7,9-14H2,1H3,(H,20,24). The van der Waals surface area contributed by atoms with Gasteiger partial charge < -0.3 is 19.9 Å². The van der Waals surface area contributed by atoms with Gasteiger partial charge in [-0.05, 0) is 37.1 Å². The number of anilines is 1. The second-order valence-electron chi connectivity index (χ2n) is 6.56. The highest BCUT2D eigenvalue weighted by molar-refractivity contribution is 7.99. The molecule has 3 rings (SSSR count). The molecule has 0 aliphatic carbocycles. The molecule has 0 spiro atoms. The van der Waals surface area contributed by atoms with Gasteiger partial charge in [-0.3, -0.25) is 4.79 Å². The van der Waals surface area contributed by atoms with Gasteiger partial charge in [-0.1, -0.05) is 19.1 Å². The number of nitrogens with one attached hydrogen (secondary N) is 1. The Bertz CT molecular complexity index is 634. The van der Waals surface area contributed by atoms with Gasteiger partial charge in [-0.25, -0.2) is 4.79 Å². The van der Waals surface area contributed by atoms with Crippen molar-refractivity contribution in [3.63, 3.8) is 0 Å². The summed E-state index contributed by atoms with van der Waals surface area (Å²) in [4.78, 5) is 30.3. The molecule has 2 heterocycles. The number of nitrogens with zero attached hydrogens (tertiary/aromatic N) is 2. The number of carbonyl (C=O) groups is 2. The third-order valence-electron chi connectivity index (χ3n) is 4.71. The van der Waals surface area contributed by atoms with E-state index in [2.05, 4.69) is 12.2 Å². The summed E-state index contributed by atoms with van der Waals surface area (Å²) in [6, 6.07) is 7.31. The fraction of sp³-hybridized carbons (Fsp3) is 0.579. The van der Waals surface area contributed by atoms with Crippen LogP contribution in [0.5, 0.6) is 0 Å². The summed E-state index contributed by atoms with van der Waals surface area (Å²) in [6.07, 6.45) is 2.67. The number of para-hydroxylation sites is 1. The maximum absolute atomic E-state index is 12.8. The Morgan fingerprint density at radius 3 is 2.77 bits per heavy atom. The van der Waals surface area contributed by atoms with Crippen molar-refractivity contribution in [2.45, 2.75) is 37.1 Å². The number of likely N-dealkylation sites (tertiary alicyclic amines) is 1. The Morgan fingerprint density at radius 1 is 1.23 bits per heavy atom. The van der Waals surface area contributed by atoms with Gasteiger partial charge in [0.2, 0.25) is 5.91 Å². The average Bonchev–Trinajstić information content (AvgIpc) is 3.17. The summed E-state index contributed by atoms with van der Waals surface area (Å²) in [6.45, 7) is 5.14. The number of hydrogen-bond donors (Lipinski definition) is 1. The topological polar surface area (TPSA) is 61.9 Å². The predicted molar refractivity (Wildman–Crippen MR) is 104 cm³/mol. The third-order valence-corrected chi connectivity index (χ3v) is 5.99. The molecule has 1 aromatic rings. The van der Waals surface area contributed by atoms with Gasteiger partial charge in [0.25, 0.3) is 0 Å². The average molecular weight is 378 g/mol. The van der Waals surface area contributed by atoms with Gasteiger partial charge in [0.1, 0.15) is 6.04 Å². The molecular formula is C19H27N3O3S. The highest BCUT2D eigenvalue weighted by Gasteiger charge is 2.37. The zero-order valence-corrected chi connectivity index (χ0v) is 16.1. The van der Waals surface area contributed by atoms with Crippen molar-refractivity contribution < 1.29 is 14.3 Å². The molecular weight excluding hydrogens is 350 g/mol. The van der Waals surface area contributed by atoms with Gasteiger partial charge in [0, 0.05) is 24.5 Å². The minimum atomic E-state index is -0.358. The first-order valence-electron chi connectivity index (χ1n) is 9.36. The van der Waals surface area contributed by atoms with Gasteiger partial charge in [0.05, 0.1) is 18.9 Å². The van der Waals surface area contributed by atoms with Gasteiger partial charge in [-0.15, -0.1) is 11.8 Å². The Balaban J connectivity index is 1.66. The fourth-order valence-electron chi connectivity index (χ4n) is 3.36. The van der Waals surface area contributed by atoms with Crippen molar-refractivity contribution in [2.24, 2.45) is 0 Å². The van der Waals surface area contributed by atoms with Crippen molar-refractivity contribution in [1.29, 1.82) is 0 Å². The van der Waals surface area contributed by atoms with Gasteiger partial charge in [0.15, 0.2) is 0 Å². The van der Waals surface area contributed by atoms with Crippen molar-refractivity contribution >= 4 is 29.4 Å². The number of thioether (sulfide) groups is 1. The zero-order chi connectivity index (χ0) is 18.4. The molecule has 3 amide bonds. The van der Waals surface area contributed by atoms with E-state index in [-0.39, 0.29) is 18.0 Å². The molecule has 2 aliphatic heterocycles. The van der Waals surface area contributed by atoms with Crippen LogP contribution < -0.4 is 5.32 Å². The second kappa shape index (κ2) is 9.28. The molecule has 0 saturated carbocycles. The van der Waals surface area contributed by atoms with Crippen molar-refractivity contribution in [1.82, 2.24) is 9.80 Å². The van der Waals surface area contributed by atoms with Crippen LogP contribution in [0.25, 0.3) is 0 Å². The first-order chi connectivity index (χ1) is 12.7. The lowest BCUT2D eigenvalue weighted by molar-refractivity contribution is -0.139. The van der Waals surface area contributed by atoms with E-state index < -0.39 is 0 Å². The van der Waals surface area contributed by atoms with E-state index in [1.807, 2.05) is 29.2 Å². The first kappa shape index (κ1) is 19.0. The van der Waals surface area contributed by atoms with Crippen LogP contribution in [0.2, 0.25) is 0 Å². The molecule has 2 aliphatic rings. The van der Waals surface area contributed by atoms with E-state index >= 15 is 0 Å². The number of hydrogen-bond acceptors (Lipinski definition) is 4. The summed E-state index contributed by atoms with van der Waals surface area (Å²) >= 11 is 1.74. The van der Waals surface area contributed by atoms with Crippen LogP contribution in [0.4, 0.5) is 10.5 Å². The quantitative estimate of drug-likeness (QED) is 0.801. The largest absolute Gasteiger partial charge is 0.378 e. The first-order valence-corrected chi connectivity index (χ1v) is 10.3. The van der Waals surface area contributed by atoms with E-state index in [4.69, 9.17) is 4.74 Å². The monoisotopic (exact) mass is 377 g/mol. The number of rotatable bonds is 5. The maximum Gasteiger partial charge on any atom is 0.322 e. The fourth-order valence-corrected chi connectivity index (χ4v) is 4.23. The Hall–Kier alpha value is -1.73. The lowest BCUT2D eigenvalue weighted by atomic mass is 10.2. The van der Waals surface area contributed by atoms with E-state index in [1.54, 1.807) is 16.7 Å². The molecule has 1 aromatic carbocycles. The summed E-state index contributed by atoms with van der Waals surface area (Å²) in [7, 11) is 0. The van der Waals surface area contributed by atoms with Gasteiger partial charge >= 0.3 is 6.03 Å². The summed E-state index contributed by atoms with van der Waals surface area (Å²) in [5.41, 5.74) is 0.820. The van der Waals surface area contributed by atoms with Crippen LogP contribution in [0.15, 0.2) is 29.2 Å². The Morgan fingerprint density at radius 2 is 2.00 bits per heavy atom. The summed E-state index contributed by atoms with van der Waals surface area (Å²) in [5, 5.41) is 3.02. The molecule has 7 heteroatoms. The van der Waals surface area contributed by atoms with E-state index in [9.17, 15) is 9.59 Å². The highest BCUT2D eigenvalue weighted by atomic mass is 32.2. The smallest absolute Gasteiger partial charge is 0.322 e.